The minimum Gasteiger partial charge on any atom is -0.497 e. The van der Waals surface area contributed by atoms with E-state index in [1.54, 1.807) is 18.6 Å². The Hall–Kier alpha value is -3.97. The van der Waals surface area contributed by atoms with Crippen LogP contribution in [0.5, 0.6) is 5.75 Å². The van der Waals surface area contributed by atoms with Crippen LogP contribution in [-0.2, 0) is 9.53 Å². The third kappa shape index (κ3) is 3.64. The van der Waals surface area contributed by atoms with Gasteiger partial charge in [-0.2, -0.15) is 0 Å². The molecule has 34 heavy (non-hydrogen) atoms. The first kappa shape index (κ1) is 21.9. The number of carbonyl (C=O) groups is 1. The predicted octanol–water partition coefficient (Wildman–Crippen LogP) is 3.57. The van der Waals surface area contributed by atoms with Crippen molar-refractivity contribution in [2.45, 2.75) is 13.0 Å². The molecule has 0 unspecified atom stereocenters. The van der Waals surface area contributed by atoms with Gasteiger partial charge in [0.25, 0.3) is 5.56 Å². The molecular formula is C27H22N2O4S. The van der Waals surface area contributed by atoms with Gasteiger partial charge in [0.05, 0.1) is 36.1 Å². The van der Waals surface area contributed by atoms with Gasteiger partial charge in [0.2, 0.25) is 0 Å². The molecule has 0 fully saturated rings. The molecule has 0 N–H and O–H groups in total. The second-order valence-corrected chi connectivity index (χ2v) is 8.92. The van der Waals surface area contributed by atoms with E-state index in [1.165, 1.54) is 18.4 Å². The van der Waals surface area contributed by atoms with E-state index in [4.69, 9.17) is 9.47 Å². The van der Waals surface area contributed by atoms with Crippen LogP contribution in [0.15, 0.2) is 87.8 Å². The van der Waals surface area contributed by atoms with Crippen LogP contribution in [0.3, 0.4) is 0 Å². The fraction of sp³-hybridized carbons (Fsp3) is 0.148. The SMILES string of the molecule is COC(=O)C1=C(C)N=c2s/c(=C\c3cccc4ccccc34)c(=O)n2[C@H]1c1ccc(OC)cc1. The largest absolute Gasteiger partial charge is 0.497 e. The molecule has 4 aromatic rings. The average molecular weight is 471 g/mol. The summed E-state index contributed by atoms with van der Waals surface area (Å²) in [5.41, 5.74) is 2.40. The van der Waals surface area contributed by atoms with Crippen molar-refractivity contribution >= 4 is 34.2 Å². The second-order valence-electron chi connectivity index (χ2n) is 7.91. The highest BCUT2D eigenvalue weighted by Gasteiger charge is 2.33. The van der Waals surface area contributed by atoms with Gasteiger partial charge in [0.1, 0.15) is 5.75 Å². The quantitative estimate of drug-likeness (QED) is 0.428. The molecule has 0 saturated heterocycles. The Kier molecular flexibility index (Phi) is 5.63. The van der Waals surface area contributed by atoms with Crippen LogP contribution in [0.25, 0.3) is 16.8 Å². The molecule has 0 aliphatic carbocycles. The monoisotopic (exact) mass is 470 g/mol. The molecule has 2 heterocycles. The Morgan fingerprint density at radius 2 is 1.76 bits per heavy atom. The Balaban J connectivity index is 1.75. The summed E-state index contributed by atoms with van der Waals surface area (Å²) in [6.07, 6.45) is 1.90. The zero-order chi connectivity index (χ0) is 23.8. The molecule has 0 radical (unpaired) electrons. The van der Waals surface area contributed by atoms with Gasteiger partial charge in [-0.25, -0.2) is 9.79 Å². The zero-order valence-electron chi connectivity index (χ0n) is 18.9. The molecular weight excluding hydrogens is 448 g/mol. The minimum absolute atomic E-state index is 0.202. The Morgan fingerprint density at radius 3 is 2.50 bits per heavy atom. The summed E-state index contributed by atoms with van der Waals surface area (Å²) < 4.78 is 12.5. The van der Waals surface area contributed by atoms with Gasteiger partial charge in [-0.15, -0.1) is 0 Å². The molecule has 0 spiro atoms. The van der Waals surface area contributed by atoms with Crippen LogP contribution in [0.1, 0.15) is 24.1 Å². The van der Waals surface area contributed by atoms with Crippen LogP contribution in [0.2, 0.25) is 0 Å². The van der Waals surface area contributed by atoms with E-state index in [0.717, 1.165) is 21.9 Å². The number of carbonyl (C=O) groups excluding carboxylic acids is 1. The van der Waals surface area contributed by atoms with Gasteiger partial charge in [0, 0.05) is 0 Å². The summed E-state index contributed by atoms with van der Waals surface area (Å²) in [6.45, 7) is 1.77. The molecule has 0 bridgehead atoms. The van der Waals surface area contributed by atoms with Crippen LogP contribution >= 0.6 is 11.3 Å². The number of esters is 1. The van der Waals surface area contributed by atoms with Crippen molar-refractivity contribution in [3.63, 3.8) is 0 Å². The lowest BCUT2D eigenvalue weighted by molar-refractivity contribution is -0.136. The first-order valence-corrected chi connectivity index (χ1v) is 11.6. The van der Waals surface area contributed by atoms with E-state index in [0.29, 0.717) is 26.4 Å². The molecule has 6 nitrogen and oxygen atoms in total. The van der Waals surface area contributed by atoms with Gasteiger partial charge in [-0.05, 0) is 47.0 Å². The summed E-state index contributed by atoms with van der Waals surface area (Å²) >= 11 is 1.31. The van der Waals surface area contributed by atoms with Crippen LogP contribution in [-0.4, -0.2) is 24.8 Å². The number of nitrogens with zero attached hydrogens (tertiary/aromatic N) is 2. The number of methoxy groups -OCH3 is 2. The average Bonchev–Trinajstić information content (AvgIpc) is 3.17. The Labute approximate surface area is 199 Å². The molecule has 1 atom stereocenters. The third-order valence-corrected chi connectivity index (χ3v) is 6.95. The number of hydrogen-bond donors (Lipinski definition) is 0. The van der Waals surface area contributed by atoms with Crippen molar-refractivity contribution in [2.75, 3.05) is 14.2 Å². The first-order chi connectivity index (χ1) is 16.5. The summed E-state index contributed by atoms with van der Waals surface area (Å²) in [5.74, 6) is 0.179. The fourth-order valence-corrected chi connectivity index (χ4v) is 5.35. The summed E-state index contributed by atoms with van der Waals surface area (Å²) in [7, 11) is 2.93. The van der Waals surface area contributed by atoms with Gasteiger partial charge in [-0.3, -0.25) is 9.36 Å². The van der Waals surface area contributed by atoms with E-state index in [1.807, 2.05) is 72.8 Å². The molecule has 3 aromatic carbocycles. The van der Waals surface area contributed by atoms with E-state index in [9.17, 15) is 9.59 Å². The number of fused-ring (bicyclic) bond motifs is 2. The van der Waals surface area contributed by atoms with Crippen LogP contribution in [0.4, 0.5) is 0 Å². The topological polar surface area (TPSA) is 69.9 Å². The van der Waals surface area contributed by atoms with E-state index in [-0.39, 0.29) is 5.56 Å². The minimum atomic E-state index is -0.649. The van der Waals surface area contributed by atoms with Crippen molar-refractivity contribution in [3.8, 4) is 5.75 Å². The normalized spacial score (nSPS) is 15.7. The number of ether oxygens (including phenoxy) is 2. The highest BCUT2D eigenvalue weighted by molar-refractivity contribution is 7.07. The third-order valence-electron chi connectivity index (χ3n) is 5.97. The maximum Gasteiger partial charge on any atom is 0.338 e. The number of benzene rings is 3. The Morgan fingerprint density at radius 1 is 1.03 bits per heavy atom. The molecule has 1 aromatic heterocycles. The lowest BCUT2D eigenvalue weighted by atomic mass is 9.96. The highest BCUT2D eigenvalue weighted by Crippen LogP contribution is 2.31. The van der Waals surface area contributed by atoms with Crippen molar-refractivity contribution < 1.29 is 14.3 Å². The second kappa shape index (κ2) is 8.76. The standard InChI is InChI=1S/C27H22N2O4S/c1-16-23(26(31)33-3)24(18-11-13-20(32-2)14-12-18)29-25(30)22(34-27(29)28-16)15-19-9-6-8-17-7-4-5-10-21(17)19/h4-15,24H,1-3H3/b22-15-/t24-/m0/s1. The highest BCUT2D eigenvalue weighted by atomic mass is 32.1. The van der Waals surface area contributed by atoms with Gasteiger partial charge >= 0.3 is 5.97 Å². The van der Waals surface area contributed by atoms with Crippen LogP contribution < -0.4 is 19.6 Å². The molecule has 5 rings (SSSR count). The van der Waals surface area contributed by atoms with Crippen molar-refractivity contribution in [1.82, 2.24) is 4.57 Å². The number of thiazole rings is 1. The summed E-state index contributed by atoms with van der Waals surface area (Å²) in [6, 6.07) is 20.8. The number of aromatic nitrogens is 1. The molecule has 7 heteroatoms. The van der Waals surface area contributed by atoms with Crippen molar-refractivity contribution in [3.05, 3.63) is 109 Å². The molecule has 0 saturated carbocycles. The number of hydrogen-bond acceptors (Lipinski definition) is 6. The molecule has 0 amide bonds. The van der Waals surface area contributed by atoms with E-state index >= 15 is 0 Å². The van der Waals surface area contributed by atoms with Gasteiger partial charge in [-0.1, -0.05) is 65.9 Å². The molecule has 1 aliphatic rings. The van der Waals surface area contributed by atoms with Crippen molar-refractivity contribution in [2.24, 2.45) is 4.99 Å². The fourth-order valence-electron chi connectivity index (χ4n) is 4.31. The molecule has 1 aliphatic heterocycles. The van der Waals surface area contributed by atoms with Gasteiger partial charge < -0.3 is 9.47 Å². The number of allylic oxidation sites excluding steroid dienone is 1. The number of rotatable bonds is 4. The maximum atomic E-state index is 13.7. The van der Waals surface area contributed by atoms with Gasteiger partial charge in [0.15, 0.2) is 4.80 Å². The van der Waals surface area contributed by atoms with E-state index in [2.05, 4.69) is 4.99 Å². The lowest BCUT2D eigenvalue weighted by Gasteiger charge is -2.24. The van der Waals surface area contributed by atoms with Crippen LogP contribution in [0, 0.1) is 0 Å². The van der Waals surface area contributed by atoms with E-state index < -0.39 is 12.0 Å². The Bertz CT molecular complexity index is 1620. The summed E-state index contributed by atoms with van der Waals surface area (Å²) in [5, 5.41) is 2.16. The smallest absolute Gasteiger partial charge is 0.338 e. The first-order valence-electron chi connectivity index (χ1n) is 10.7. The predicted molar refractivity (Wildman–Crippen MR) is 133 cm³/mol. The van der Waals surface area contributed by atoms with Crippen molar-refractivity contribution in [1.29, 1.82) is 0 Å². The maximum absolute atomic E-state index is 13.7. The molecule has 170 valence electrons. The zero-order valence-corrected chi connectivity index (χ0v) is 19.8. The summed E-state index contributed by atoms with van der Waals surface area (Å²) in [4.78, 5) is 31.6. The lowest BCUT2D eigenvalue weighted by Crippen LogP contribution is -2.39.